The number of hydrogen-bond acceptors (Lipinski definition) is 4. The summed E-state index contributed by atoms with van der Waals surface area (Å²) in [5.74, 6) is 1.46. The number of halogens is 1. The predicted octanol–water partition coefficient (Wildman–Crippen LogP) is 2.21. The van der Waals surface area contributed by atoms with Crippen molar-refractivity contribution >= 4 is 21.6 Å². The first-order chi connectivity index (χ1) is 7.16. The Morgan fingerprint density at radius 1 is 1.47 bits per heavy atom. The van der Waals surface area contributed by atoms with E-state index in [1.807, 2.05) is 6.92 Å². The normalized spacial score (nSPS) is 14.3. The van der Waals surface area contributed by atoms with Crippen LogP contribution in [0.4, 0.5) is 5.69 Å². The first kappa shape index (κ1) is 10.6. The maximum atomic E-state index is 5.94. The summed E-state index contributed by atoms with van der Waals surface area (Å²) in [6, 6.07) is 0. The van der Waals surface area contributed by atoms with E-state index in [2.05, 4.69) is 15.9 Å². The van der Waals surface area contributed by atoms with Gasteiger partial charge in [0.15, 0.2) is 6.79 Å². The van der Waals surface area contributed by atoms with Crippen molar-refractivity contribution in [1.82, 2.24) is 0 Å². The lowest BCUT2D eigenvalue weighted by atomic mass is 10.1. The lowest BCUT2D eigenvalue weighted by molar-refractivity contribution is -0.0173. The summed E-state index contributed by atoms with van der Waals surface area (Å²) in [4.78, 5) is 0. The van der Waals surface area contributed by atoms with E-state index in [-0.39, 0.29) is 6.79 Å². The first-order valence-corrected chi connectivity index (χ1v) is 5.31. The van der Waals surface area contributed by atoms with E-state index in [4.69, 9.17) is 19.9 Å². The van der Waals surface area contributed by atoms with E-state index in [1.165, 1.54) is 0 Å². The second-order valence-electron chi connectivity index (χ2n) is 3.30. The summed E-state index contributed by atoms with van der Waals surface area (Å²) in [6.45, 7) is 2.70. The quantitative estimate of drug-likeness (QED) is 0.798. The summed E-state index contributed by atoms with van der Waals surface area (Å²) in [7, 11) is 1.59. The molecule has 2 N–H and O–H groups in total. The highest BCUT2D eigenvalue weighted by molar-refractivity contribution is 9.10. The molecule has 82 valence electrons. The van der Waals surface area contributed by atoms with Crippen molar-refractivity contribution in [3.8, 4) is 11.5 Å². The average molecular weight is 274 g/mol. The molecule has 0 radical (unpaired) electrons. The molecule has 0 saturated heterocycles. The fourth-order valence-electron chi connectivity index (χ4n) is 1.73. The van der Waals surface area contributed by atoms with Crippen molar-refractivity contribution < 1.29 is 14.2 Å². The SMILES string of the molecule is COc1c(C)c2c(c(Br)c1N)COCO2. The highest BCUT2D eigenvalue weighted by Crippen LogP contribution is 2.44. The minimum Gasteiger partial charge on any atom is -0.494 e. The average Bonchev–Trinajstić information content (AvgIpc) is 2.27. The molecule has 0 aliphatic carbocycles. The fourth-order valence-corrected chi connectivity index (χ4v) is 2.20. The fraction of sp³-hybridized carbons (Fsp3) is 0.400. The molecule has 5 heteroatoms. The number of benzene rings is 1. The Bertz CT molecular complexity index is 406. The third-order valence-corrected chi connectivity index (χ3v) is 3.34. The summed E-state index contributed by atoms with van der Waals surface area (Å²) >= 11 is 3.43. The smallest absolute Gasteiger partial charge is 0.189 e. The Labute approximate surface area is 96.4 Å². The molecule has 1 aliphatic heterocycles. The molecule has 0 bridgehead atoms. The van der Waals surface area contributed by atoms with Crippen LogP contribution in [0.3, 0.4) is 0 Å². The maximum absolute atomic E-state index is 5.94. The van der Waals surface area contributed by atoms with Gasteiger partial charge in [0.25, 0.3) is 0 Å². The molecule has 0 fully saturated rings. The standard InChI is InChI=1S/C10H12BrNO3/c1-5-9-6(3-14-4-15-9)7(11)8(12)10(5)13-2/h3-4,12H2,1-2H3. The van der Waals surface area contributed by atoms with Gasteiger partial charge in [-0.3, -0.25) is 0 Å². The molecular weight excluding hydrogens is 262 g/mol. The van der Waals surface area contributed by atoms with Crippen molar-refractivity contribution in [2.75, 3.05) is 19.6 Å². The van der Waals surface area contributed by atoms with Crippen molar-refractivity contribution in [2.45, 2.75) is 13.5 Å². The van der Waals surface area contributed by atoms with Crippen LogP contribution in [-0.2, 0) is 11.3 Å². The van der Waals surface area contributed by atoms with Gasteiger partial charge in [0.1, 0.15) is 11.5 Å². The Morgan fingerprint density at radius 3 is 2.87 bits per heavy atom. The minimum absolute atomic E-state index is 0.271. The molecule has 1 heterocycles. The number of nitrogens with two attached hydrogens (primary N) is 1. The zero-order valence-electron chi connectivity index (χ0n) is 8.59. The number of fused-ring (bicyclic) bond motifs is 1. The summed E-state index contributed by atoms with van der Waals surface area (Å²) in [5, 5.41) is 0. The molecule has 0 amide bonds. The van der Waals surface area contributed by atoms with Gasteiger partial charge in [0, 0.05) is 11.1 Å². The van der Waals surface area contributed by atoms with Crippen molar-refractivity contribution in [3.05, 3.63) is 15.6 Å². The zero-order chi connectivity index (χ0) is 11.0. The van der Waals surface area contributed by atoms with Crippen LogP contribution in [-0.4, -0.2) is 13.9 Å². The lowest BCUT2D eigenvalue weighted by Gasteiger charge is -2.23. The molecule has 1 aromatic rings. The Kier molecular flexibility index (Phi) is 2.75. The molecule has 1 aliphatic rings. The summed E-state index contributed by atoms with van der Waals surface area (Å²) in [5.41, 5.74) is 8.38. The van der Waals surface area contributed by atoms with Gasteiger partial charge in [-0.15, -0.1) is 0 Å². The van der Waals surface area contributed by atoms with Gasteiger partial charge in [-0.25, -0.2) is 0 Å². The van der Waals surface area contributed by atoms with Crippen LogP contribution in [0.2, 0.25) is 0 Å². The van der Waals surface area contributed by atoms with Gasteiger partial charge in [-0.1, -0.05) is 0 Å². The van der Waals surface area contributed by atoms with Crippen LogP contribution in [0.25, 0.3) is 0 Å². The van der Waals surface area contributed by atoms with Crippen LogP contribution in [0, 0.1) is 6.92 Å². The van der Waals surface area contributed by atoms with E-state index in [9.17, 15) is 0 Å². The van der Waals surface area contributed by atoms with E-state index in [0.29, 0.717) is 18.0 Å². The molecule has 0 spiro atoms. The third kappa shape index (κ3) is 1.55. The van der Waals surface area contributed by atoms with Crippen LogP contribution in [0.15, 0.2) is 4.47 Å². The van der Waals surface area contributed by atoms with Gasteiger partial charge < -0.3 is 19.9 Å². The molecule has 1 aromatic carbocycles. The third-order valence-electron chi connectivity index (χ3n) is 2.44. The van der Waals surface area contributed by atoms with Crippen molar-refractivity contribution in [2.24, 2.45) is 0 Å². The second kappa shape index (κ2) is 3.90. The number of anilines is 1. The molecule has 0 unspecified atom stereocenters. The largest absolute Gasteiger partial charge is 0.494 e. The molecule has 4 nitrogen and oxygen atoms in total. The highest BCUT2D eigenvalue weighted by Gasteiger charge is 2.23. The van der Waals surface area contributed by atoms with E-state index in [0.717, 1.165) is 21.3 Å². The number of nitrogen functional groups attached to an aromatic ring is 1. The molecule has 0 saturated carbocycles. The van der Waals surface area contributed by atoms with Crippen molar-refractivity contribution in [1.29, 1.82) is 0 Å². The first-order valence-electron chi connectivity index (χ1n) is 4.51. The van der Waals surface area contributed by atoms with E-state index < -0.39 is 0 Å². The van der Waals surface area contributed by atoms with Crippen LogP contribution < -0.4 is 15.2 Å². The van der Waals surface area contributed by atoms with Crippen LogP contribution in [0.1, 0.15) is 11.1 Å². The van der Waals surface area contributed by atoms with Crippen LogP contribution >= 0.6 is 15.9 Å². The van der Waals surface area contributed by atoms with E-state index in [1.54, 1.807) is 7.11 Å². The number of hydrogen-bond donors (Lipinski definition) is 1. The zero-order valence-corrected chi connectivity index (χ0v) is 10.2. The molecule has 0 aromatic heterocycles. The van der Waals surface area contributed by atoms with E-state index >= 15 is 0 Å². The molecule has 2 rings (SSSR count). The van der Waals surface area contributed by atoms with Crippen molar-refractivity contribution in [3.63, 3.8) is 0 Å². The number of rotatable bonds is 1. The monoisotopic (exact) mass is 273 g/mol. The topological polar surface area (TPSA) is 53.7 Å². The Balaban J connectivity index is 2.69. The summed E-state index contributed by atoms with van der Waals surface area (Å²) in [6.07, 6.45) is 0. The summed E-state index contributed by atoms with van der Waals surface area (Å²) < 4.78 is 16.7. The maximum Gasteiger partial charge on any atom is 0.189 e. The minimum atomic E-state index is 0.271. The van der Waals surface area contributed by atoms with Gasteiger partial charge in [0.05, 0.1) is 23.9 Å². The van der Waals surface area contributed by atoms with Gasteiger partial charge in [-0.05, 0) is 22.9 Å². The molecule has 15 heavy (non-hydrogen) atoms. The Morgan fingerprint density at radius 2 is 2.20 bits per heavy atom. The van der Waals surface area contributed by atoms with Gasteiger partial charge in [0.2, 0.25) is 0 Å². The lowest BCUT2D eigenvalue weighted by Crippen LogP contribution is -2.14. The predicted molar refractivity (Wildman–Crippen MR) is 60.1 cm³/mol. The number of ether oxygens (including phenoxy) is 3. The molecule has 0 atom stereocenters. The van der Waals surface area contributed by atoms with Gasteiger partial charge in [-0.2, -0.15) is 0 Å². The Hall–Kier alpha value is -0.940. The van der Waals surface area contributed by atoms with Crippen LogP contribution in [0.5, 0.6) is 11.5 Å². The second-order valence-corrected chi connectivity index (χ2v) is 4.10. The van der Waals surface area contributed by atoms with Gasteiger partial charge >= 0.3 is 0 Å². The number of methoxy groups -OCH3 is 1. The molecular formula is C10H12BrNO3. The highest BCUT2D eigenvalue weighted by atomic mass is 79.9.